The van der Waals surface area contributed by atoms with Gasteiger partial charge < -0.3 is 20.7 Å². The highest BCUT2D eigenvalue weighted by molar-refractivity contribution is 6.03. The van der Waals surface area contributed by atoms with Gasteiger partial charge in [-0.1, -0.05) is 18.2 Å². The van der Waals surface area contributed by atoms with Gasteiger partial charge in [0.2, 0.25) is 0 Å². The molecule has 0 aliphatic rings. The van der Waals surface area contributed by atoms with Crippen molar-refractivity contribution in [2.24, 2.45) is 0 Å². The number of aromatic amines is 1. The van der Waals surface area contributed by atoms with Crippen LogP contribution < -0.4 is 10.6 Å². The molecule has 2 rings (SSSR count). The number of anilines is 1. The molecule has 1 aromatic heterocycles. The van der Waals surface area contributed by atoms with E-state index in [1.54, 1.807) is 6.07 Å². The molecule has 7 heteroatoms. The lowest BCUT2D eigenvalue weighted by Crippen LogP contribution is -2.15. The molecule has 1 amide bonds. The lowest BCUT2D eigenvalue weighted by atomic mass is 10.1. The number of rotatable bonds is 5. The standard InChI is InChI=1S/C13H14N4O3/c1-14-8-9-4-2-3-5-10(9)16-13(18)11-6-7-12(15-11)17(19)20/h2-7,14-15H,8H2,1H3,(H,16,18). The molecule has 104 valence electrons. The number of H-pyrrole nitrogens is 1. The van der Waals surface area contributed by atoms with Crippen molar-refractivity contribution in [2.45, 2.75) is 6.54 Å². The van der Waals surface area contributed by atoms with Crippen LogP contribution in [0.15, 0.2) is 36.4 Å². The van der Waals surface area contributed by atoms with Gasteiger partial charge in [-0.25, -0.2) is 4.98 Å². The highest BCUT2D eigenvalue weighted by atomic mass is 16.6. The molecule has 0 fully saturated rings. The maximum absolute atomic E-state index is 12.0. The molecular weight excluding hydrogens is 260 g/mol. The Morgan fingerprint density at radius 3 is 2.70 bits per heavy atom. The molecule has 0 aliphatic heterocycles. The highest BCUT2D eigenvalue weighted by Gasteiger charge is 2.16. The predicted molar refractivity (Wildman–Crippen MR) is 74.6 cm³/mol. The molecule has 0 spiro atoms. The summed E-state index contributed by atoms with van der Waals surface area (Å²) in [5, 5.41) is 16.3. The molecule has 0 unspecified atom stereocenters. The fourth-order valence-corrected chi connectivity index (χ4v) is 1.80. The average molecular weight is 274 g/mol. The fourth-order valence-electron chi connectivity index (χ4n) is 1.80. The highest BCUT2D eigenvalue weighted by Crippen LogP contribution is 2.17. The zero-order valence-electron chi connectivity index (χ0n) is 10.8. The number of hydrogen-bond acceptors (Lipinski definition) is 4. The third-order valence-corrected chi connectivity index (χ3v) is 2.74. The number of carbonyl (C=O) groups excluding carboxylic acids is 1. The summed E-state index contributed by atoms with van der Waals surface area (Å²) in [5.74, 6) is -0.625. The van der Waals surface area contributed by atoms with Crippen LogP contribution >= 0.6 is 0 Å². The van der Waals surface area contributed by atoms with Crippen molar-refractivity contribution in [3.63, 3.8) is 0 Å². The van der Waals surface area contributed by atoms with Gasteiger partial charge in [0.25, 0.3) is 5.91 Å². The smallest absolute Gasteiger partial charge is 0.321 e. The van der Waals surface area contributed by atoms with Crippen molar-refractivity contribution in [2.75, 3.05) is 12.4 Å². The van der Waals surface area contributed by atoms with Crippen molar-refractivity contribution in [1.29, 1.82) is 0 Å². The number of hydrogen-bond donors (Lipinski definition) is 3. The summed E-state index contributed by atoms with van der Waals surface area (Å²) in [6.45, 7) is 0.612. The summed E-state index contributed by atoms with van der Waals surface area (Å²) >= 11 is 0. The van der Waals surface area contributed by atoms with Crippen LogP contribution in [-0.2, 0) is 6.54 Å². The van der Waals surface area contributed by atoms with Crippen molar-refractivity contribution < 1.29 is 9.72 Å². The molecule has 0 saturated heterocycles. The third-order valence-electron chi connectivity index (χ3n) is 2.74. The Labute approximate surface area is 115 Å². The molecule has 1 heterocycles. The van der Waals surface area contributed by atoms with Gasteiger partial charge in [-0.3, -0.25) is 4.79 Å². The number of amides is 1. The second-order valence-corrected chi connectivity index (χ2v) is 4.16. The minimum absolute atomic E-state index is 0.149. The Kier molecular flexibility index (Phi) is 4.11. The van der Waals surface area contributed by atoms with E-state index in [0.717, 1.165) is 5.56 Å². The van der Waals surface area contributed by atoms with Crippen molar-refractivity contribution >= 4 is 17.4 Å². The van der Waals surface area contributed by atoms with E-state index in [9.17, 15) is 14.9 Å². The number of benzene rings is 1. The second kappa shape index (κ2) is 5.98. The lowest BCUT2D eigenvalue weighted by Gasteiger charge is -2.09. The molecule has 2 aromatic rings. The summed E-state index contributed by atoms with van der Waals surface area (Å²) in [4.78, 5) is 24.5. The maximum atomic E-state index is 12.0. The van der Waals surface area contributed by atoms with Gasteiger partial charge in [-0.2, -0.15) is 0 Å². The summed E-state index contributed by atoms with van der Waals surface area (Å²) in [5.41, 5.74) is 1.75. The Hall–Kier alpha value is -2.67. The second-order valence-electron chi connectivity index (χ2n) is 4.16. The van der Waals surface area contributed by atoms with Gasteiger partial charge in [-0.05, 0) is 29.7 Å². The summed E-state index contributed by atoms with van der Waals surface area (Å²) in [7, 11) is 1.81. The van der Waals surface area contributed by atoms with E-state index in [1.807, 2.05) is 25.2 Å². The summed E-state index contributed by atoms with van der Waals surface area (Å²) in [6, 6.07) is 10.0. The van der Waals surface area contributed by atoms with Crippen molar-refractivity contribution in [3.05, 3.63) is 57.8 Å². The lowest BCUT2D eigenvalue weighted by molar-refractivity contribution is -0.389. The SMILES string of the molecule is CNCc1ccccc1NC(=O)c1ccc([N+](=O)[O-])[nH]1. The van der Waals surface area contributed by atoms with Crippen LogP contribution in [0.1, 0.15) is 16.1 Å². The first-order valence-corrected chi connectivity index (χ1v) is 5.99. The molecule has 0 bridgehead atoms. The van der Waals surface area contributed by atoms with Gasteiger partial charge in [0.1, 0.15) is 0 Å². The maximum Gasteiger partial charge on any atom is 0.321 e. The van der Waals surface area contributed by atoms with E-state index < -0.39 is 10.8 Å². The van der Waals surface area contributed by atoms with Crippen LogP contribution in [0.3, 0.4) is 0 Å². The van der Waals surface area contributed by atoms with Crippen LogP contribution in [0.4, 0.5) is 11.5 Å². The first-order chi connectivity index (χ1) is 9.61. The van der Waals surface area contributed by atoms with E-state index in [1.165, 1.54) is 12.1 Å². The quantitative estimate of drug-likeness (QED) is 0.572. The Bertz CT molecular complexity index is 636. The number of nitro groups is 1. The number of nitrogens with one attached hydrogen (secondary N) is 3. The first kappa shape index (κ1) is 13.8. The summed E-state index contributed by atoms with van der Waals surface area (Å²) in [6.07, 6.45) is 0. The van der Waals surface area contributed by atoms with Crippen LogP contribution in [0, 0.1) is 10.1 Å². The van der Waals surface area contributed by atoms with Gasteiger partial charge in [0.05, 0.1) is 0 Å². The molecular formula is C13H14N4O3. The molecule has 0 saturated carbocycles. The van der Waals surface area contributed by atoms with E-state index in [0.29, 0.717) is 12.2 Å². The number of nitrogens with zero attached hydrogens (tertiary/aromatic N) is 1. The van der Waals surface area contributed by atoms with E-state index >= 15 is 0 Å². The van der Waals surface area contributed by atoms with Crippen molar-refractivity contribution in [3.8, 4) is 0 Å². The fraction of sp³-hybridized carbons (Fsp3) is 0.154. The number of aromatic nitrogens is 1. The minimum Gasteiger partial charge on any atom is -0.358 e. The van der Waals surface area contributed by atoms with E-state index in [-0.39, 0.29) is 11.5 Å². The van der Waals surface area contributed by atoms with Crippen molar-refractivity contribution in [1.82, 2.24) is 10.3 Å². The Morgan fingerprint density at radius 2 is 2.05 bits per heavy atom. The van der Waals surface area contributed by atoms with Crippen LogP contribution in [0.2, 0.25) is 0 Å². The van der Waals surface area contributed by atoms with Gasteiger partial charge in [0, 0.05) is 18.3 Å². The predicted octanol–water partition coefficient (Wildman–Crippen LogP) is 1.89. The van der Waals surface area contributed by atoms with E-state index in [4.69, 9.17) is 0 Å². The number of carbonyl (C=O) groups is 1. The zero-order chi connectivity index (χ0) is 14.5. The molecule has 20 heavy (non-hydrogen) atoms. The normalized spacial score (nSPS) is 10.2. The summed E-state index contributed by atoms with van der Waals surface area (Å²) < 4.78 is 0. The molecule has 3 N–H and O–H groups in total. The zero-order valence-corrected chi connectivity index (χ0v) is 10.8. The third kappa shape index (κ3) is 3.01. The van der Waals surface area contributed by atoms with Gasteiger partial charge >= 0.3 is 5.82 Å². The number of para-hydroxylation sites is 1. The molecule has 0 atom stereocenters. The largest absolute Gasteiger partial charge is 0.358 e. The molecule has 7 nitrogen and oxygen atoms in total. The van der Waals surface area contributed by atoms with Crippen LogP contribution in [0.25, 0.3) is 0 Å². The van der Waals surface area contributed by atoms with Crippen LogP contribution in [-0.4, -0.2) is 22.9 Å². The average Bonchev–Trinajstić information content (AvgIpc) is 2.91. The van der Waals surface area contributed by atoms with E-state index in [2.05, 4.69) is 15.6 Å². The molecule has 0 radical (unpaired) electrons. The topological polar surface area (TPSA) is 100 Å². The minimum atomic E-state index is -0.578. The monoisotopic (exact) mass is 274 g/mol. The Balaban J connectivity index is 2.16. The first-order valence-electron chi connectivity index (χ1n) is 5.99. The van der Waals surface area contributed by atoms with Crippen LogP contribution in [0.5, 0.6) is 0 Å². The molecule has 0 aliphatic carbocycles. The van der Waals surface area contributed by atoms with Gasteiger partial charge in [0.15, 0.2) is 5.69 Å². The molecule has 1 aromatic carbocycles. The van der Waals surface area contributed by atoms with Gasteiger partial charge in [-0.15, -0.1) is 0 Å². The Morgan fingerprint density at radius 1 is 1.30 bits per heavy atom.